The zero-order valence-corrected chi connectivity index (χ0v) is 14.6. The number of rotatable bonds is 8. The molecule has 0 saturated carbocycles. The highest BCUT2D eigenvalue weighted by Crippen LogP contribution is 2.30. The van der Waals surface area contributed by atoms with Crippen molar-refractivity contribution in [1.82, 2.24) is 4.90 Å². The lowest BCUT2D eigenvalue weighted by Crippen LogP contribution is -2.30. The van der Waals surface area contributed by atoms with Crippen molar-refractivity contribution in [2.45, 2.75) is 39.7 Å². The van der Waals surface area contributed by atoms with Crippen molar-refractivity contribution >= 4 is 0 Å². The normalized spacial score (nSPS) is 13.9. The average Bonchev–Trinajstić information content (AvgIpc) is 2.56. The minimum Gasteiger partial charge on any atom is -0.508 e. The smallest absolute Gasteiger partial charge is 0.115 e. The van der Waals surface area contributed by atoms with Crippen LogP contribution in [-0.4, -0.2) is 23.1 Å². The lowest BCUT2D eigenvalue weighted by atomic mass is 9.84. The summed E-state index contributed by atoms with van der Waals surface area (Å²) in [7, 11) is 0. The molecule has 124 valence electrons. The van der Waals surface area contributed by atoms with E-state index in [1.165, 1.54) is 11.1 Å². The Bertz CT molecular complexity index is 581. The molecule has 0 radical (unpaired) electrons. The number of phenols is 1. The molecule has 2 heteroatoms. The summed E-state index contributed by atoms with van der Waals surface area (Å²) in [6, 6.07) is 18.4. The van der Waals surface area contributed by atoms with E-state index in [9.17, 15) is 5.11 Å². The fraction of sp³-hybridized carbons (Fsp3) is 0.429. The second kappa shape index (κ2) is 8.73. The second-order valence-electron chi connectivity index (χ2n) is 6.40. The summed E-state index contributed by atoms with van der Waals surface area (Å²) in [6.07, 6.45) is 1.09. The minimum absolute atomic E-state index is 0.366. The Morgan fingerprint density at radius 2 is 1.74 bits per heavy atom. The van der Waals surface area contributed by atoms with E-state index in [-0.39, 0.29) is 0 Å². The topological polar surface area (TPSA) is 23.5 Å². The molecule has 0 aromatic heterocycles. The molecule has 0 aliphatic rings. The van der Waals surface area contributed by atoms with Crippen LogP contribution in [0.4, 0.5) is 0 Å². The quantitative estimate of drug-likeness (QED) is 0.738. The van der Waals surface area contributed by atoms with Crippen LogP contribution >= 0.6 is 0 Å². The molecule has 0 fully saturated rings. The summed E-state index contributed by atoms with van der Waals surface area (Å²) >= 11 is 0. The highest BCUT2D eigenvalue weighted by Gasteiger charge is 2.20. The third-order valence-corrected chi connectivity index (χ3v) is 4.67. The van der Waals surface area contributed by atoms with Crippen LogP contribution < -0.4 is 0 Å². The summed E-state index contributed by atoms with van der Waals surface area (Å²) in [5.41, 5.74) is 2.61. The van der Waals surface area contributed by atoms with Gasteiger partial charge in [-0.25, -0.2) is 0 Å². The van der Waals surface area contributed by atoms with Gasteiger partial charge in [0.1, 0.15) is 5.75 Å². The van der Waals surface area contributed by atoms with Gasteiger partial charge < -0.3 is 5.11 Å². The van der Waals surface area contributed by atoms with Crippen LogP contribution in [0, 0.1) is 5.92 Å². The lowest BCUT2D eigenvalue weighted by molar-refractivity contribution is 0.221. The number of hydrogen-bond acceptors (Lipinski definition) is 2. The molecular formula is C21H29NO. The van der Waals surface area contributed by atoms with E-state index in [0.717, 1.165) is 26.1 Å². The van der Waals surface area contributed by atoms with E-state index < -0.39 is 0 Å². The van der Waals surface area contributed by atoms with Crippen LogP contribution in [0.15, 0.2) is 54.6 Å². The molecule has 0 amide bonds. The predicted molar refractivity (Wildman–Crippen MR) is 97.7 cm³/mol. The Balaban J connectivity index is 2.03. The fourth-order valence-electron chi connectivity index (χ4n) is 3.40. The van der Waals surface area contributed by atoms with E-state index >= 15 is 0 Å². The third-order valence-electron chi connectivity index (χ3n) is 4.67. The van der Waals surface area contributed by atoms with Crippen LogP contribution in [0.5, 0.6) is 5.75 Å². The van der Waals surface area contributed by atoms with E-state index in [2.05, 4.69) is 62.1 Å². The predicted octanol–water partition coefficient (Wildman–Crippen LogP) is 5.04. The summed E-state index contributed by atoms with van der Waals surface area (Å²) in [5.74, 6) is 1.39. The van der Waals surface area contributed by atoms with Gasteiger partial charge in [-0.15, -0.1) is 0 Å². The standard InChI is InChI=1S/C21H29NO/c1-4-21(19-12-9-13-20(23)14-19)17(3)15-22(5-2)16-18-10-7-6-8-11-18/h6-14,17,21,23H,4-5,15-16H2,1-3H3. The van der Waals surface area contributed by atoms with Crippen molar-refractivity contribution in [1.29, 1.82) is 0 Å². The number of phenolic OH excluding ortho intramolecular Hbond substituents is 1. The summed E-state index contributed by atoms with van der Waals surface area (Å²) < 4.78 is 0. The molecule has 0 saturated heterocycles. The molecule has 2 nitrogen and oxygen atoms in total. The zero-order valence-electron chi connectivity index (χ0n) is 14.6. The molecular weight excluding hydrogens is 282 g/mol. The molecule has 2 rings (SSSR count). The van der Waals surface area contributed by atoms with Crippen molar-refractivity contribution in [3.05, 3.63) is 65.7 Å². The highest BCUT2D eigenvalue weighted by atomic mass is 16.3. The van der Waals surface area contributed by atoms with E-state index in [4.69, 9.17) is 0 Å². The van der Waals surface area contributed by atoms with Gasteiger partial charge in [-0.1, -0.05) is 63.2 Å². The van der Waals surface area contributed by atoms with Gasteiger partial charge in [0.15, 0.2) is 0 Å². The van der Waals surface area contributed by atoms with Gasteiger partial charge in [-0.3, -0.25) is 4.90 Å². The van der Waals surface area contributed by atoms with Crippen LogP contribution in [0.25, 0.3) is 0 Å². The van der Waals surface area contributed by atoms with Gasteiger partial charge in [-0.2, -0.15) is 0 Å². The maximum atomic E-state index is 9.75. The molecule has 1 N–H and O–H groups in total. The van der Waals surface area contributed by atoms with E-state index in [1.807, 2.05) is 12.1 Å². The first-order valence-corrected chi connectivity index (χ1v) is 8.69. The van der Waals surface area contributed by atoms with Crippen LogP contribution in [-0.2, 0) is 6.54 Å². The summed E-state index contributed by atoms with van der Waals surface area (Å²) in [5, 5.41) is 9.75. The molecule has 0 heterocycles. The van der Waals surface area contributed by atoms with Crippen molar-refractivity contribution < 1.29 is 5.11 Å². The summed E-state index contributed by atoms with van der Waals surface area (Å²) in [4.78, 5) is 2.51. The van der Waals surface area contributed by atoms with Gasteiger partial charge in [0, 0.05) is 13.1 Å². The van der Waals surface area contributed by atoms with Crippen molar-refractivity contribution in [3.63, 3.8) is 0 Å². The fourth-order valence-corrected chi connectivity index (χ4v) is 3.40. The molecule has 0 aliphatic heterocycles. The van der Waals surface area contributed by atoms with Crippen molar-refractivity contribution in [2.75, 3.05) is 13.1 Å². The molecule has 2 unspecified atom stereocenters. The van der Waals surface area contributed by atoms with Crippen molar-refractivity contribution in [3.8, 4) is 5.75 Å². The Hall–Kier alpha value is -1.80. The largest absolute Gasteiger partial charge is 0.508 e. The Kier molecular flexibility index (Phi) is 6.66. The molecule has 0 aliphatic carbocycles. The van der Waals surface area contributed by atoms with Crippen molar-refractivity contribution in [2.24, 2.45) is 5.92 Å². The molecule has 2 atom stereocenters. The van der Waals surface area contributed by atoms with E-state index in [0.29, 0.717) is 17.6 Å². The average molecular weight is 311 g/mol. The molecule has 2 aromatic carbocycles. The van der Waals surface area contributed by atoms with Gasteiger partial charge in [0.05, 0.1) is 0 Å². The molecule has 0 spiro atoms. The number of benzene rings is 2. The highest BCUT2D eigenvalue weighted by molar-refractivity contribution is 5.30. The van der Waals surface area contributed by atoms with E-state index in [1.54, 1.807) is 6.07 Å². The zero-order chi connectivity index (χ0) is 16.7. The SMILES string of the molecule is CCC(c1cccc(O)c1)C(C)CN(CC)Cc1ccccc1. The van der Waals surface area contributed by atoms with Gasteiger partial charge in [0.25, 0.3) is 0 Å². The van der Waals surface area contributed by atoms with Crippen LogP contribution in [0.1, 0.15) is 44.2 Å². The number of nitrogens with zero attached hydrogens (tertiary/aromatic N) is 1. The van der Waals surface area contributed by atoms with Gasteiger partial charge in [0.2, 0.25) is 0 Å². The molecule has 2 aromatic rings. The second-order valence-corrected chi connectivity index (χ2v) is 6.40. The van der Waals surface area contributed by atoms with Gasteiger partial charge >= 0.3 is 0 Å². The first kappa shape index (κ1) is 17.6. The van der Waals surface area contributed by atoms with Gasteiger partial charge in [-0.05, 0) is 48.1 Å². The number of hydrogen-bond donors (Lipinski definition) is 1. The summed E-state index contributed by atoms with van der Waals surface area (Å²) in [6.45, 7) is 9.91. The van der Waals surface area contributed by atoms with Crippen LogP contribution in [0.3, 0.4) is 0 Å². The minimum atomic E-state index is 0.366. The Morgan fingerprint density at radius 3 is 2.35 bits per heavy atom. The first-order valence-electron chi connectivity index (χ1n) is 8.69. The Morgan fingerprint density at radius 1 is 1.00 bits per heavy atom. The Labute approximate surface area is 140 Å². The maximum Gasteiger partial charge on any atom is 0.115 e. The molecule has 0 bridgehead atoms. The molecule has 23 heavy (non-hydrogen) atoms. The monoisotopic (exact) mass is 311 g/mol. The number of aromatic hydroxyl groups is 1. The third kappa shape index (κ3) is 5.11. The van der Waals surface area contributed by atoms with Crippen LogP contribution in [0.2, 0.25) is 0 Å². The maximum absolute atomic E-state index is 9.75. The first-order chi connectivity index (χ1) is 11.1. The lowest BCUT2D eigenvalue weighted by Gasteiger charge is -2.29.